The zero-order chi connectivity index (χ0) is 22.7. The Kier molecular flexibility index (Phi) is 5.95. The molecule has 3 aromatic carbocycles. The van der Waals surface area contributed by atoms with Crippen molar-refractivity contribution in [2.24, 2.45) is 5.73 Å². The van der Waals surface area contributed by atoms with Crippen molar-refractivity contribution < 1.29 is 23.2 Å². The number of hydroxylamine groups is 1. The zero-order valence-electron chi connectivity index (χ0n) is 16.9. The normalized spacial score (nSPS) is 12.7. The summed E-state index contributed by atoms with van der Waals surface area (Å²) in [6.45, 7) is 0. The van der Waals surface area contributed by atoms with Crippen LogP contribution < -0.4 is 10.5 Å². The summed E-state index contributed by atoms with van der Waals surface area (Å²) in [6.07, 6.45) is 1.57. The van der Waals surface area contributed by atoms with Crippen molar-refractivity contribution >= 4 is 26.8 Å². The molecule has 0 spiro atoms. The quantitative estimate of drug-likeness (QED) is 0.354. The number of hydrogen-bond acceptors (Lipinski definition) is 5. The molecule has 1 heterocycles. The maximum Gasteiger partial charge on any atom is 0.265 e. The number of fused-ring (bicyclic) bond motifs is 1. The third-order valence-electron chi connectivity index (χ3n) is 5.03. The Morgan fingerprint density at radius 1 is 0.969 bits per heavy atom. The summed E-state index contributed by atoms with van der Waals surface area (Å²) in [4.78, 5) is 14.9. The molecule has 0 aliphatic carbocycles. The number of amides is 1. The number of nitrogens with zero attached hydrogens (tertiary/aromatic N) is 1. The van der Waals surface area contributed by atoms with E-state index in [-0.39, 0.29) is 15.8 Å². The van der Waals surface area contributed by atoms with Gasteiger partial charge in [0.25, 0.3) is 10.0 Å². The maximum atomic E-state index is 13.0. The molecule has 4 aromatic rings. The molecule has 1 atom stereocenters. The molecular formula is C23H21N3O5S. The number of ether oxygens (including phenoxy) is 1. The lowest BCUT2D eigenvalue weighted by atomic mass is 10.1. The molecule has 0 bridgehead atoms. The molecule has 8 nitrogen and oxygen atoms in total. The van der Waals surface area contributed by atoms with Gasteiger partial charge in [-0.25, -0.2) is 8.42 Å². The Morgan fingerprint density at radius 2 is 1.59 bits per heavy atom. The van der Waals surface area contributed by atoms with Crippen LogP contribution in [0.25, 0.3) is 10.9 Å². The molecule has 0 unspecified atom stereocenters. The molecule has 0 aliphatic rings. The summed E-state index contributed by atoms with van der Waals surface area (Å²) in [5, 5.41) is 11.4. The highest BCUT2D eigenvalue weighted by molar-refractivity contribution is 7.89. The predicted molar refractivity (Wildman–Crippen MR) is 119 cm³/mol. The molecule has 4 rings (SSSR count). The molecule has 0 saturated heterocycles. The number of primary amides is 1. The zero-order valence-corrected chi connectivity index (χ0v) is 17.7. The lowest BCUT2D eigenvalue weighted by Crippen LogP contribution is -2.47. The number of carbonyl (C=O) groups excluding carboxylic acids is 1. The van der Waals surface area contributed by atoms with Gasteiger partial charge in [0.1, 0.15) is 17.5 Å². The van der Waals surface area contributed by atoms with Crippen LogP contribution >= 0.6 is 0 Å². The number of aromatic nitrogens is 1. The van der Waals surface area contributed by atoms with Gasteiger partial charge in [-0.05, 0) is 48.0 Å². The van der Waals surface area contributed by atoms with Crippen LogP contribution in [0.4, 0.5) is 0 Å². The van der Waals surface area contributed by atoms with E-state index in [0.29, 0.717) is 17.1 Å². The minimum absolute atomic E-state index is 0.0319. The monoisotopic (exact) mass is 451 g/mol. The average Bonchev–Trinajstić information content (AvgIpc) is 3.21. The molecule has 0 fully saturated rings. The molecule has 32 heavy (non-hydrogen) atoms. The number of benzene rings is 3. The van der Waals surface area contributed by atoms with Crippen LogP contribution in [0, 0.1) is 0 Å². The fraction of sp³-hybridized carbons (Fsp3) is 0.0870. The number of nitrogens with two attached hydrogens (primary N) is 1. The first-order chi connectivity index (χ1) is 15.4. The van der Waals surface area contributed by atoms with E-state index < -0.39 is 22.0 Å². The van der Waals surface area contributed by atoms with Crippen molar-refractivity contribution in [1.82, 2.24) is 9.45 Å². The Morgan fingerprint density at radius 3 is 2.28 bits per heavy atom. The summed E-state index contributed by atoms with van der Waals surface area (Å²) < 4.78 is 31.6. The van der Waals surface area contributed by atoms with Gasteiger partial charge in [0, 0.05) is 23.5 Å². The van der Waals surface area contributed by atoms with Gasteiger partial charge in [-0.1, -0.05) is 40.9 Å². The van der Waals surface area contributed by atoms with Crippen LogP contribution in [-0.4, -0.2) is 35.0 Å². The van der Waals surface area contributed by atoms with Gasteiger partial charge in [0.2, 0.25) is 5.91 Å². The summed E-state index contributed by atoms with van der Waals surface area (Å²) in [5.74, 6) is 0.0506. The van der Waals surface area contributed by atoms with Crippen molar-refractivity contribution in [3.8, 4) is 11.5 Å². The minimum Gasteiger partial charge on any atom is -0.457 e. The largest absolute Gasteiger partial charge is 0.457 e. The second-order valence-corrected chi connectivity index (χ2v) is 8.94. The third kappa shape index (κ3) is 4.35. The van der Waals surface area contributed by atoms with Crippen LogP contribution in [-0.2, 0) is 21.2 Å². The highest BCUT2D eigenvalue weighted by Crippen LogP contribution is 2.26. The maximum absolute atomic E-state index is 13.0. The number of carbonyl (C=O) groups is 1. The van der Waals surface area contributed by atoms with E-state index in [2.05, 4.69) is 4.98 Å². The summed E-state index contributed by atoms with van der Waals surface area (Å²) in [5.41, 5.74) is 6.93. The van der Waals surface area contributed by atoms with Gasteiger partial charge in [-0.2, -0.15) is 0 Å². The summed E-state index contributed by atoms with van der Waals surface area (Å²) in [6, 6.07) is 20.4. The minimum atomic E-state index is -4.41. The number of nitrogens with one attached hydrogen (secondary N) is 1. The van der Waals surface area contributed by atoms with Crippen molar-refractivity contribution in [2.75, 3.05) is 0 Å². The molecule has 164 valence electrons. The Balaban J connectivity index is 1.56. The number of H-pyrrole nitrogens is 1. The summed E-state index contributed by atoms with van der Waals surface area (Å²) >= 11 is 0. The first kappa shape index (κ1) is 21.6. The lowest BCUT2D eigenvalue weighted by molar-refractivity contribution is -0.131. The van der Waals surface area contributed by atoms with Crippen molar-refractivity contribution in [3.63, 3.8) is 0 Å². The number of aromatic amines is 1. The molecular weight excluding hydrogens is 430 g/mol. The number of para-hydroxylation sites is 2. The molecule has 1 aromatic heterocycles. The number of sulfonamides is 1. The van der Waals surface area contributed by atoms with E-state index in [9.17, 15) is 18.4 Å². The van der Waals surface area contributed by atoms with Crippen LogP contribution in [0.5, 0.6) is 11.5 Å². The van der Waals surface area contributed by atoms with Crippen molar-refractivity contribution in [3.05, 3.63) is 90.6 Å². The van der Waals surface area contributed by atoms with Gasteiger partial charge < -0.3 is 15.5 Å². The van der Waals surface area contributed by atoms with E-state index >= 15 is 0 Å². The van der Waals surface area contributed by atoms with Crippen molar-refractivity contribution in [2.45, 2.75) is 17.4 Å². The fourth-order valence-electron chi connectivity index (χ4n) is 3.38. The van der Waals surface area contributed by atoms with Gasteiger partial charge in [-0.15, -0.1) is 0 Å². The SMILES string of the molecule is NC(=O)[C@@H](Cc1c[nH]c2ccccc12)N(O)S(=O)(=O)c1ccc(Oc2ccccc2)cc1. The van der Waals surface area contributed by atoms with Crippen molar-refractivity contribution in [1.29, 1.82) is 0 Å². The van der Waals surface area contributed by atoms with E-state index in [4.69, 9.17) is 10.5 Å². The van der Waals surface area contributed by atoms with E-state index in [1.54, 1.807) is 18.3 Å². The van der Waals surface area contributed by atoms with E-state index in [0.717, 1.165) is 10.9 Å². The highest BCUT2D eigenvalue weighted by Gasteiger charge is 2.34. The molecule has 9 heteroatoms. The van der Waals surface area contributed by atoms with Crippen LogP contribution in [0.2, 0.25) is 0 Å². The van der Waals surface area contributed by atoms with Gasteiger partial charge >= 0.3 is 0 Å². The fourth-order valence-corrected chi connectivity index (χ4v) is 4.59. The second-order valence-electron chi connectivity index (χ2n) is 7.15. The Hall–Kier alpha value is -3.66. The topological polar surface area (TPSA) is 126 Å². The van der Waals surface area contributed by atoms with Crippen LogP contribution in [0.1, 0.15) is 5.56 Å². The number of rotatable bonds is 8. The van der Waals surface area contributed by atoms with Crippen LogP contribution in [0.3, 0.4) is 0 Å². The van der Waals surface area contributed by atoms with E-state index in [1.165, 1.54) is 24.3 Å². The van der Waals surface area contributed by atoms with E-state index in [1.807, 2.05) is 42.5 Å². The van der Waals surface area contributed by atoms with Gasteiger partial charge in [-0.3, -0.25) is 10.0 Å². The highest BCUT2D eigenvalue weighted by atomic mass is 32.2. The molecule has 0 saturated carbocycles. The first-order valence-corrected chi connectivity index (χ1v) is 11.2. The predicted octanol–water partition coefficient (Wildman–Crippen LogP) is 3.44. The second kappa shape index (κ2) is 8.83. The Labute approximate surface area is 184 Å². The third-order valence-corrected chi connectivity index (χ3v) is 6.64. The van der Waals surface area contributed by atoms with Gasteiger partial charge in [0.05, 0.1) is 4.90 Å². The smallest absolute Gasteiger partial charge is 0.265 e. The summed E-state index contributed by atoms with van der Waals surface area (Å²) in [7, 11) is -4.41. The Bertz CT molecular complexity index is 1340. The molecule has 4 N–H and O–H groups in total. The lowest BCUT2D eigenvalue weighted by Gasteiger charge is -2.23. The molecule has 0 aliphatic heterocycles. The molecule has 0 radical (unpaired) electrons. The van der Waals surface area contributed by atoms with Crippen LogP contribution in [0.15, 0.2) is 90.0 Å². The van der Waals surface area contributed by atoms with Gasteiger partial charge in [0.15, 0.2) is 0 Å². The standard InChI is InChI=1S/C23H21N3O5S/c24-23(27)22(14-16-15-25-21-9-5-4-8-20(16)21)26(28)32(29,30)19-12-10-18(11-13-19)31-17-6-2-1-3-7-17/h1-13,15,22,25,28H,14H2,(H2,24,27)/t22-/m1/s1. The average molecular weight is 452 g/mol. The first-order valence-electron chi connectivity index (χ1n) is 9.77. The molecule has 1 amide bonds. The number of hydrogen-bond donors (Lipinski definition) is 3.